The van der Waals surface area contributed by atoms with E-state index < -0.39 is 5.54 Å². The first-order valence-electron chi connectivity index (χ1n) is 5.86. The highest BCUT2D eigenvalue weighted by Gasteiger charge is 2.24. The molecule has 0 spiro atoms. The Kier molecular flexibility index (Phi) is 2.91. The summed E-state index contributed by atoms with van der Waals surface area (Å²) in [5.74, 6) is 0. The SMILES string of the molecule is CCN1CCc2cc(C(C)(N)CO)ccc21. The molecule has 3 heteroatoms. The molecule has 88 valence electrons. The van der Waals surface area contributed by atoms with Gasteiger partial charge in [0, 0.05) is 18.8 Å². The van der Waals surface area contributed by atoms with Crippen molar-refractivity contribution in [3.63, 3.8) is 0 Å². The van der Waals surface area contributed by atoms with Crippen LogP contribution in [0.1, 0.15) is 25.0 Å². The van der Waals surface area contributed by atoms with Crippen molar-refractivity contribution in [2.24, 2.45) is 5.73 Å². The minimum Gasteiger partial charge on any atom is -0.394 e. The Morgan fingerprint density at radius 3 is 2.88 bits per heavy atom. The van der Waals surface area contributed by atoms with E-state index in [0.717, 1.165) is 25.1 Å². The number of hydrogen-bond donors (Lipinski definition) is 2. The molecule has 0 fully saturated rings. The van der Waals surface area contributed by atoms with Crippen molar-refractivity contribution < 1.29 is 5.11 Å². The predicted octanol–water partition coefficient (Wildman–Crippen LogP) is 1.24. The molecule has 0 radical (unpaired) electrons. The van der Waals surface area contributed by atoms with E-state index in [2.05, 4.69) is 24.0 Å². The van der Waals surface area contributed by atoms with E-state index in [-0.39, 0.29) is 6.61 Å². The lowest BCUT2D eigenvalue weighted by Crippen LogP contribution is -2.36. The summed E-state index contributed by atoms with van der Waals surface area (Å²) in [6, 6.07) is 6.30. The van der Waals surface area contributed by atoms with E-state index in [4.69, 9.17) is 5.73 Å². The number of rotatable bonds is 3. The second-order valence-corrected chi connectivity index (χ2v) is 4.75. The third-order valence-electron chi connectivity index (χ3n) is 3.44. The van der Waals surface area contributed by atoms with Crippen LogP contribution in [0.2, 0.25) is 0 Å². The normalized spacial score (nSPS) is 18.4. The van der Waals surface area contributed by atoms with Gasteiger partial charge in [-0.3, -0.25) is 0 Å². The van der Waals surface area contributed by atoms with Crippen LogP contribution in [-0.2, 0) is 12.0 Å². The van der Waals surface area contributed by atoms with Gasteiger partial charge in [-0.05, 0) is 37.5 Å². The molecule has 0 aromatic heterocycles. The van der Waals surface area contributed by atoms with E-state index in [1.165, 1.54) is 11.3 Å². The van der Waals surface area contributed by atoms with Gasteiger partial charge in [-0.1, -0.05) is 12.1 Å². The molecule has 16 heavy (non-hydrogen) atoms. The van der Waals surface area contributed by atoms with Crippen molar-refractivity contribution in [2.75, 3.05) is 24.6 Å². The largest absolute Gasteiger partial charge is 0.394 e. The number of likely N-dealkylation sites (N-methyl/N-ethyl adjacent to an activating group) is 1. The Balaban J connectivity index is 2.35. The summed E-state index contributed by atoms with van der Waals surface area (Å²) in [7, 11) is 0. The highest BCUT2D eigenvalue weighted by molar-refractivity contribution is 5.59. The number of benzene rings is 1. The molecule has 1 aromatic rings. The average Bonchev–Trinajstić information content (AvgIpc) is 2.70. The smallest absolute Gasteiger partial charge is 0.0650 e. The average molecular weight is 220 g/mol. The summed E-state index contributed by atoms with van der Waals surface area (Å²) < 4.78 is 0. The number of hydrogen-bond acceptors (Lipinski definition) is 3. The second kappa shape index (κ2) is 4.07. The van der Waals surface area contributed by atoms with Gasteiger partial charge in [0.25, 0.3) is 0 Å². The van der Waals surface area contributed by atoms with Crippen LogP contribution in [-0.4, -0.2) is 24.8 Å². The third-order valence-corrected chi connectivity index (χ3v) is 3.44. The van der Waals surface area contributed by atoms with E-state index >= 15 is 0 Å². The molecular weight excluding hydrogens is 200 g/mol. The van der Waals surface area contributed by atoms with Crippen molar-refractivity contribution in [1.82, 2.24) is 0 Å². The molecule has 0 aliphatic carbocycles. The minimum atomic E-state index is -0.630. The van der Waals surface area contributed by atoms with Gasteiger partial charge in [0.2, 0.25) is 0 Å². The summed E-state index contributed by atoms with van der Waals surface area (Å²) in [5.41, 5.74) is 9.10. The Morgan fingerprint density at radius 1 is 1.50 bits per heavy atom. The summed E-state index contributed by atoms with van der Waals surface area (Å²) in [6.07, 6.45) is 1.08. The number of anilines is 1. The Morgan fingerprint density at radius 2 is 2.25 bits per heavy atom. The lowest BCUT2D eigenvalue weighted by atomic mass is 9.92. The molecule has 3 nitrogen and oxygen atoms in total. The number of aliphatic hydroxyl groups excluding tert-OH is 1. The Labute approximate surface area is 96.9 Å². The summed E-state index contributed by atoms with van der Waals surface area (Å²) in [6.45, 7) is 6.15. The fraction of sp³-hybridized carbons (Fsp3) is 0.538. The maximum absolute atomic E-state index is 9.26. The first kappa shape index (κ1) is 11.4. The summed E-state index contributed by atoms with van der Waals surface area (Å²) in [5, 5.41) is 9.26. The highest BCUT2D eigenvalue weighted by atomic mass is 16.3. The van der Waals surface area contributed by atoms with Crippen LogP contribution in [0.25, 0.3) is 0 Å². The zero-order chi connectivity index (χ0) is 11.8. The quantitative estimate of drug-likeness (QED) is 0.805. The van der Waals surface area contributed by atoms with Crippen molar-refractivity contribution in [1.29, 1.82) is 0 Å². The van der Waals surface area contributed by atoms with Crippen molar-refractivity contribution in [3.8, 4) is 0 Å². The lowest BCUT2D eigenvalue weighted by molar-refractivity contribution is 0.210. The molecule has 0 saturated carbocycles. The fourth-order valence-electron chi connectivity index (χ4n) is 2.25. The number of nitrogens with two attached hydrogens (primary N) is 1. The summed E-state index contributed by atoms with van der Waals surface area (Å²) >= 11 is 0. The van der Waals surface area contributed by atoms with Crippen molar-refractivity contribution >= 4 is 5.69 Å². The van der Waals surface area contributed by atoms with Crippen molar-refractivity contribution in [3.05, 3.63) is 29.3 Å². The molecule has 3 N–H and O–H groups in total. The molecule has 2 rings (SSSR count). The summed E-state index contributed by atoms with van der Waals surface area (Å²) in [4.78, 5) is 2.37. The molecular formula is C13H20N2O. The maximum atomic E-state index is 9.26. The molecule has 0 bridgehead atoms. The molecule has 1 unspecified atom stereocenters. The van der Waals surface area contributed by atoms with E-state index in [1.807, 2.05) is 13.0 Å². The Bertz CT molecular complexity index is 388. The third kappa shape index (κ3) is 1.81. The highest BCUT2D eigenvalue weighted by Crippen LogP contribution is 2.31. The number of nitrogens with zero attached hydrogens (tertiary/aromatic N) is 1. The molecule has 1 atom stereocenters. The number of fused-ring (bicyclic) bond motifs is 1. The molecule has 1 aromatic carbocycles. The van der Waals surface area contributed by atoms with Crippen LogP contribution in [0.4, 0.5) is 5.69 Å². The zero-order valence-corrected chi connectivity index (χ0v) is 10.0. The van der Waals surface area contributed by atoms with Gasteiger partial charge in [0.1, 0.15) is 0 Å². The van der Waals surface area contributed by atoms with Crippen LogP contribution in [0.15, 0.2) is 18.2 Å². The van der Waals surface area contributed by atoms with Crippen molar-refractivity contribution in [2.45, 2.75) is 25.8 Å². The van der Waals surface area contributed by atoms with Gasteiger partial charge in [0.05, 0.1) is 12.1 Å². The van der Waals surface area contributed by atoms with Gasteiger partial charge >= 0.3 is 0 Å². The van der Waals surface area contributed by atoms with E-state index in [0.29, 0.717) is 0 Å². The van der Waals surface area contributed by atoms with Gasteiger partial charge in [-0.2, -0.15) is 0 Å². The van der Waals surface area contributed by atoms with Crippen LogP contribution < -0.4 is 10.6 Å². The first-order valence-corrected chi connectivity index (χ1v) is 5.86. The first-order chi connectivity index (χ1) is 7.58. The Hall–Kier alpha value is -1.06. The minimum absolute atomic E-state index is 0.0245. The van der Waals surface area contributed by atoms with Crippen LogP contribution in [0, 0.1) is 0 Å². The predicted molar refractivity (Wildman–Crippen MR) is 66.7 cm³/mol. The number of aliphatic hydroxyl groups is 1. The van der Waals surface area contributed by atoms with Crippen LogP contribution in [0.3, 0.4) is 0 Å². The van der Waals surface area contributed by atoms with Crippen LogP contribution in [0.5, 0.6) is 0 Å². The zero-order valence-electron chi connectivity index (χ0n) is 10.0. The maximum Gasteiger partial charge on any atom is 0.0650 e. The molecule has 1 heterocycles. The van der Waals surface area contributed by atoms with Gasteiger partial charge in [0.15, 0.2) is 0 Å². The van der Waals surface area contributed by atoms with E-state index in [9.17, 15) is 5.11 Å². The standard InChI is InChI=1S/C13H20N2O/c1-3-15-7-6-10-8-11(4-5-12(10)15)13(2,14)9-16/h4-5,8,16H,3,6-7,9,14H2,1-2H3. The topological polar surface area (TPSA) is 49.5 Å². The van der Waals surface area contributed by atoms with Gasteiger partial charge in [-0.25, -0.2) is 0 Å². The molecule has 1 aliphatic rings. The molecule has 0 saturated heterocycles. The van der Waals surface area contributed by atoms with Crippen LogP contribution >= 0.6 is 0 Å². The fourth-order valence-corrected chi connectivity index (χ4v) is 2.25. The molecule has 1 aliphatic heterocycles. The monoisotopic (exact) mass is 220 g/mol. The van der Waals surface area contributed by atoms with E-state index in [1.54, 1.807) is 0 Å². The molecule has 0 amide bonds. The van der Waals surface area contributed by atoms with Gasteiger partial charge in [-0.15, -0.1) is 0 Å². The van der Waals surface area contributed by atoms with Gasteiger partial charge < -0.3 is 15.7 Å². The lowest BCUT2D eigenvalue weighted by Gasteiger charge is -2.24. The second-order valence-electron chi connectivity index (χ2n) is 4.75.